The van der Waals surface area contributed by atoms with E-state index in [-0.39, 0.29) is 17.9 Å². The molecule has 1 atom stereocenters. The summed E-state index contributed by atoms with van der Waals surface area (Å²) in [5.74, 6) is 0.468. The lowest BCUT2D eigenvalue weighted by atomic mass is 9.97. The molecule has 0 radical (unpaired) electrons. The van der Waals surface area contributed by atoms with E-state index in [1.807, 2.05) is 37.3 Å². The number of fused-ring (bicyclic) bond motifs is 1. The number of hydrogen-bond acceptors (Lipinski definition) is 5. The standard InChI is InChI=1S/C20H22N2O4S2/c1-14(18-13-16-5-2-3-6-17(16)26-18)21-20(23)15-8-10-22(11-9-15)28(24,25)19-7-4-12-27-19/h2-7,12-15H,8-11H2,1H3,(H,21,23)/t14-/m0/s1. The molecule has 4 rings (SSSR count). The van der Waals surface area contributed by atoms with Crippen LogP contribution in [0.2, 0.25) is 0 Å². The van der Waals surface area contributed by atoms with Gasteiger partial charge in [0.25, 0.3) is 10.0 Å². The summed E-state index contributed by atoms with van der Waals surface area (Å²) in [6, 6.07) is 12.8. The predicted molar refractivity (Wildman–Crippen MR) is 109 cm³/mol. The summed E-state index contributed by atoms with van der Waals surface area (Å²) in [5, 5.41) is 5.77. The Kier molecular flexibility index (Phi) is 5.27. The van der Waals surface area contributed by atoms with Crippen molar-refractivity contribution in [3.63, 3.8) is 0 Å². The highest BCUT2D eigenvalue weighted by Crippen LogP contribution is 2.28. The van der Waals surface area contributed by atoms with E-state index in [0.717, 1.165) is 11.0 Å². The molecule has 1 aliphatic rings. The Bertz CT molecular complexity index is 1030. The summed E-state index contributed by atoms with van der Waals surface area (Å²) >= 11 is 1.22. The fourth-order valence-corrected chi connectivity index (χ4v) is 6.13. The fraction of sp³-hybridized carbons (Fsp3) is 0.350. The van der Waals surface area contributed by atoms with Gasteiger partial charge in [-0.05, 0) is 43.3 Å². The number of furan rings is 1. The topological polar surface area (TPSA) is 79.6 Å². The van der Waals surface area contributed by atoms with E-state index in [1.165, 1.54) is 15.6 Å². The first-order chi connectivity index (χ1) is 13.4. The zero-order valence-electron chi connectivity index (χ0n) is 15.5. The molecule has 1 amide bonds. The number of nitrogens with one attached hydrogen (secondary N) is 1. The number of amides is 1. The molecule has 1 fully saturated rings. The SMILES string of the molecule is C[C@H](NC(=O)C1CCN(S(=O)(=O)c2cccs2)CC1)c1cc2ccccc2o1. The van der Waals surface area contributed by atoms with Crippen molar-refractivity contribution in [2.45, 2.75) is 30.0 Å². The Labute approximate surface area is 168 Å². The molecule has 28 heavy (non-hydrogen) atoms. The van der Waals surface area contributed by atoms with Crippen molar-refractivity contribution in [3.8, 4) is 0 Å². The molecule has 1 saturated heterocycles. The van der Waals surface area contributed by atoms with Gasteiger partial charge >= 0.3 is 0 Å². The fourth-order valence-electron chi connectivity index (χ4n) is 3.51. The number of benzene rings is 1. The minimum absolute atomic E-state index is 0.0545. The lowest BCUT2D eigenvalue weighted by Crippen LogP contribution is -2.43. The highest BCUT2D eigenvalue weighted by Gasteiger charge is 2.33. The molecule has 0 aliphatic carbocycles. The Morgan fingerprint density at radius 2 is 1.96 bits per heavy atom. The first-order valence-corrected chi connectivity index (χ1v) is 11.6. The van der Waals surface area contributed by atoms with Gasteiger partial charge in [0.15, 0.2) is 0 Å². The van der Waals surface area contributed by atoms with Crippen molar-refractivity contribution < 1.29 is 17.6 Å². The van der Waals surface area contributed by atoms with E-state index in [2.05, 4.69) is 5.32 Å². The third kappa shape index (κ3) is 3.72. The Hall–Kier alpha value is -2.16. The molecule has 3 heterocycles. The summed E-state index contributed by atoms with van der Waals surface area (Å²) in [7, 11) is -3.44. The molecule has 0 unspecified atom stereocenters. The van der Waals surface area contributed by atoms with Crippen molar-refractivity contribution in [1.82, 2.24) is 9.62 Å². The van der Waals surface area contributed by atoms with Crippen LogP contribution in [0.1, 0.15) is 31.6 Å². The first-order valence-electron chi connectivity index (χ1n) is 9.27. The van der Waals surface area contributed by atoms with Gasteiger partial charge in [-0.2, -0.15) is 4.31 Å². The minimum Gasteiger partial charge on any atom is -0.459 e. The van der Waals surface area contributed by atoms with Crippen molar-refractivity contribution >= 4 is 38.2 Å². The summed E-state index contributed by atoms with van der Waals surface area (Å²) in [6.45, 7) is 2.61. The van der Waals surface area contributed by atoms with Crippen molar-refractivity contribution in [2.75, 3.05) is 13.1 Å². The van der Waals surface area contributed by atoms with Crippen LogP contribution >= 0.6 is 11.3 Å². The molecule has 0 saturated carbocycles. The van der Waals surface area contributed by atoms with Crippen LogP contribution in [0.25, 0.3) is 11.0 Å². The number of hydrogen-bond donors (Lipinski definition) is 1. The third-order valence-electron chi connectivity index (χ3n) is 5.14. The normalized spacial score (nSPS) is 17.6. The zero-order valence-corrected chi connectivity index (χ0v) is 17.1. The maximum Gasteiger partial charge on any atom is 0.252 e. The van der Waals surface area contributed by atoms with Crippen molar-refractivity contribution in [1.29, 1.82) is 0 Å². The molecule has 148 valence electrons. The molecule has 0 spiro atoms. The largest absolute Gasteiger partial charge is 0.459 e. The first kappa shape index (κ1) is 19.2. The molecular weight excluding hydrogens is 396 g/mol. The van der Waals surface area contributed by atoms with Crippen molar-refractivity contribution in [3.05, 3.63) is 53.6 Å². The number of carbonyl (C=O) groups is 1. The summed E-state index contributed by atoms with van der Waals surface area (Å²) < 4.78 is 32.8. The predicted octanol–water partition coefficient (Wildman–Crippen LogP) is 3.77. The number of rotatable bonds is 5. The maximum atomic E-state index is 12.7. The number of nitrogens with zero attached hydrogens (tertiary/aromatic N) is 1. The zero-order chi connectivity index (χ0) is 19.7. The Morgan fingerprint density at radius 1 is 1.21 bits per heavy atom. The third-order valence-corrected chi connectivity index (χ3v) is 8.42. The summed E-state index contributed by atoms with van der Waals surface area (Å²) in [5.41, 5.74) is 0.797. The number of thiophene rings is 1. The molecule has 6 nitrogen and oxygen atoms in total. The number of piperidine rings is 1. The summed E-state index contributed by atoms with van der Waals surface area (Å²) in [4.78, 5) is 12.7. The molecule has 1 N–H and O–H groups in total. The van der Waals surface area contributed by atoms with Gasteiger partial charge in [-0.25, -0.2) is 8.42 Å². The van der Waals surface area contributed by atoms with Gasteiger partial charge < -0.3 is 9.73 Å². The lowest BCUT2D eigenvalue weighted by molar-refractivity contribution is -0.126. The smallest absolute Gasteiger partial charge is 0.252 e. The number of sulfonamides is 1. The second kappa shape index (κ2) is 7.69. The van der Waals surface area contributed by atoms with Gasteiger partial charge in [0.2, 0.25) is 5.91 Å². The molecule has 3 aromatic rings. The van der Waals surface area contributed by atoms with Gasteiger partial charge in [0.1, 0.15) is 15.6 Å². The monoisotopic (exact) mass is 418 g/mol. The Balaban J connectivity index is 1.36. The second-order valence-corrected chi connectivity index (χ2v) is 10.1. The van der Waals surface area contributed by atoms with Crippen LogP contribution in [0.4, 0.5) is 0 Å². The summed E-state index contributed by atoms with van der Waals surface area (Å²) in [6.07, 6.45) is 1.03. The van der Waals surface area contributed by atoms with Crippen LogP contribution in [0.5, 0.6) is 0 Å². The molecule has 0 bridgehead atoms. The number of carbonyl (C=O) groups excluding carboxylic acids is 1. The van der Waals surface area contributed by atoms with Crippen LogP contribution in [-0.2, 0) is 14.8 Å². The quantitative estimate of drug-likeness (QED) is 0.684. The molecule has 1 aliphatic heterocycles. The second-order valence-electron chi connectivity index (χ2n) is 7.03. The van der Waals surface area contributed by atoms with Crippen LogP contribution < -0.4 is 5.32 Å². The average Bonchev–Trinajstić information content (AvgIpc) is 3.38. The van der Waals surface area contributed by atoms with Crippen LogP contribution in [0.15, 0.2) is 56.5 Å². The van der Waals surface area contributed by atoms with E-state index >= 15 is 0 Å². The number of para-hydroxylation sites is 1. The van der Waals surface area contributed by atoms with E-state index in [9.17, 15) is 13.2 Å². The Morgan fingerprint density at radius 3 is 2.64 bits per heavy atom. The average molecular weight is 419 g/mol. The van der Waals surface area contributed by atoms with Gasteiger partial charge in [0.05, 0.1) is 6.04 Å². The van der Waals surface area contributed by atoms with Gasteiger partial charge in [-0.15, -0.1) is 11.3 Å². The maximum absolute atomic E-state index is 12.7. The minimum atomic E-state index is -3.44. The van der Waals surface area contributed by atoms with Crippen LogP contribution in [-0.4, -0.2) is 31.7 Å². The van der Waals surface area contributed by atoms with E-state index in [0.29, 0.717) is 35.9 Å². The van der Waals surface area contributed by atoms with E-state index in [1.54, 1.807) is 17.5 Å². The molecular formula is C20H22N2O4S2. The van der Waals surface area contributed by atoms with Crippen LogP contribution in [0, 0.1) is 5.92 Å². The lowest BCUT2D eigenvalue weighted by Gasteiger charge is -2.30. The van der Waals surface area contributed by atoms with Gasteiger partial charge in [0, 0.05) is 24.4 Å². The molecule has 8 heteroatoms. The van der Waals surface area contributed by atoms with E-state index < -0.39 is 10.0 Å². The highest BCUT2D eigenvalue weighted by atomic mass is 32.2. The van der Waals surface area contributed by atoms with Gasteiger partial charge in [-0.1, -0.05) is 24.3 Å². The molecule has 1 aromatic carbocycles. The molecule has 2 aromatic heterocycles. The van der Waals surface area contributed by atoms with Crippen molar-refractivity contribution in [2.24, 2.45) is 5.92 Å². The van der Waals surface area contributed by atoms with E-state index in [4.69, 9.17) is 4.42 Å². The van der Waals surface area contributed by atoms with Gasteiger partial charge in [-0.3, -0.25) is 4.79 Å². The highest BCUT2D eigenvalue weighted by molar-refractivity contribution is 7.91. The van der Waals surface area contributed by atoms with Crippen LogP contribution in [0.3, 0.4) is 0 Å².